The van der Waals surface area contributed by atoms with Crippen molar-refractivity contribution in [3.05, 3.63) is 107 Å². The van der Waals surface area contributed by atoms with Gasteiger partial charge in [0.25, 0.3) is 0 Å². The topological polar surface area (TPSA) is 49.4 Å². The lowest BCUT2D eigenvalue weighted by Crippen LogP contribution is -2.52. The fourth-order valence-corrected chi connectivity index (χ4v) is 4.58. The first-order valence-electron chi connectivity index (χ1n) is 12.0. The minimum absolute atomic E-state index is 0.126. The molecule has 34 heavy (non-hydrogen) atoms. The Morgan fingerprint density at radius 1 is 0.824 bits per heavy atom. The molecule has 4 nitrogen and oxygen atoms in total. The van der Waals surface area contributed by atoms with Gasteiger partial charge in [-0.1, -0.05) is 85.6 Å². The normalized spacial score (nSPS) is 14.5. The fourth-order valence-electron chi connectivity index (χ4n) is 4.58. The third-order valence-electron chi connectivity index (χ3n) is 6.44. The molecule has 4 rings (SSSR count). The molecule has 0 spiro atoms. The molecule has 1 fully saturated rings. The van der Waals surface area contributed by atoms with Gasteiger partial charge in [-0.25, -0.2) is 4.39 Å². The van der Waals surface area contributed by atoms with Crippen LogP contribution in [0.5, 0.6) is 0 Å². The number of nitrogens with zero attached hydrogens (tertiary/aromatic N) is 1. The number of hydrogen-bond donors (Lipinski definition) is 1. The highest BCUT2D eigenvalue weighted by Crippen LogP contribution is 2.20. The average Bonchev–Trinajstić information content (AvgIpc) is 3.36. The van der Waals surface area contributed by atoms with Gasteiger partial charge in [-0.05, 0) is 41.7 Å². The highest BCUT2D eigenvalue weighted by Gasteiger charge is 2.32. The van der Waals surface area contributed by atoms with Crippen LogP contribution >= 0.6 is 0 Å². The smallest absolute Gasteiger partial charge is 0.243 e. The van der Waals surface area contributed by atoms with Gasteiger partial charge in [-0.15, -0.1) is 0 Å². The number of halogens is 1. The Kier molecular flexibility index (Phi) is 8.08. The molecule has 0 heterocycles. The molecule has 1 saturated carbocycles. The molecule has 3 aromatic rings. The molecule has 0 aliphatic heterocycles. The zero-order valence-electron chi connectivity index (χ0n) is 19.3. The van der Waals surface area contributed by atoms with Crippen LogP contribution < -0.4 is 5.32 Å². The number of carbonyl (C=O) groups is 2. The van der Waals surface area contributed by atoms with Crippen molar-refractivity contribution in [2.75, 3.05) is 0 Å². The van der Waals surface area contributed by atoms with Gasteiger partial charge in [0.05, 0.1) is 6.42 Å². The van der Waals surface area contributed by atoms with Crippen molar-refractivity contribution in [3.63, 3.8) is 0 Å². The van der Waals surface area contributed by atoms with Gasteiger partial charge in [-0.2, -0.15) is 0 Å². The molecule has 0 aromatic heterocycles. The highest BCUT2D eigenvalue weighted by atomic mass is 19.1. The van der Waals surface area contributed by atoms with Crippen molar-refractivity contribution in [1.29, 1.82) is 0 Å². The summed E-state index contributed by atoms with van der Waals surface area (Å²) in [5, 5.41) is 3.20. The van der Waals surface area contributed by atoms with Crippen LogP contribution in [0.4, 0.5) is 4.39 Å². The summed E-state index contributed by atoms with van der Waals surface area (Å²) in [6, 6.07) is 25.0. The van der Waals surface area contributed by atoms with E-state index in [9.17, 15) is 14.0 Å². The van der Waals surface area contributed by atoms with E-state index in [-0.39, 0.29) is 36.6 Å². The molecular weight excluding hydrogens is 427 g/mol. The van der Waals surface area contributed by atoms with Crippen molar-refractivity contribution < 1.29 is 14.0 Å². The van der Waals surface area contributed by atoms with Crippen molar-refractivity contribution in [2.45, 2.75) is 57.2 Å². The zero-order chi connectivity index (χ0) is 23.8. The number of hydrogen-bond acceptors (Lipinski definition) is 2. The van der Waals surface area contributed by atoms with Gasteiger partial charge in [0, 0.05) is 19.0 Å². The molecule has 5 heteroatoms. The molecule has 3 aromatic carbocycles. The van der Waals surface area contributed by atoms with Crippen LogP contribution in [0.25, 0.3) is 0 Å². The second-order valence-electron chi connectivity index (χ2n) is 9.01. The molecule has 1 aliphatic rings. The van der Waals surface area contributed by atoms with E-state index in [1.807, 2.05) is 60.7 Å². The first kappa shape index (κ1) is 23.7. The summed E-state index contributed by atoms with van der Waals surface area (Å²) in [4.78, 5) is 28.9. The number of carbonyl (C=O) groups excluding carboxylic acids is 2. The minimum atomic E-state index is -0.663. The Bertz CT molecular complexity index is 1060. The van der Waals surface area contributed by atoms with E-state index in [1.165, 1.54) is 12.1 Å². The van der Waals surface area contributed by atoms with Crippen molar-refractivity contribution in [1.82, 2.24) is 10.2 Å². The molecule has 0 bridgehead atoms. The van der Waals surface area contributed by atoms with E-state index in [2.05, 4.69) is 5.32 Å². The SMILES string of the molecule is O=C(NC1CCCC1)[C@H](Cc1ccccc1)N(Cc1ccc(F)cc1)C(=O)Cc1ccccc1. The lowest BCUT2D eigenvalue weighted by Gasteiger charge is -2.32. The minimum Gasteiger partial charge on any atom is -0.352 e. The second-order valence-corrected chi connectivity index (χ2v) is 9.01. The van der Waals surface area contributed by atoms with Gasteiger partial charge < -0.3 is 10.2 Å². The Morgan fingerprint density at radius 2 is 1.41 bits per heavy atom. The summed E-state index contributed by atoms with van der Waals surface area (Å²) in [7, 11) is 0. The first-order valence-corrected chi connectivity index (χ1v) is 12.0. The summed E-state index contributed by atoms with van der Waals surface area (Å²) >= 11 is 0. The maximum atomic E-state index is 13.6. The Labute approximate surface area is 200 Å². The van der Waals surface area contributed by atoms with Gasteiger partial charge >= 0.3 is 0 Å². The summed E-state index contributed by atoms with van der Waals surface area (Å²) in [6.07, 6.45) is 4.78. The van der Waals surface area contributed by atoms with Crippen LogP contribution in [0.15, 0.2) is 84.9 Å². The Morgan fingerprint density at radius 3 is 2.03 bits per heavy atom. The lowest BCUT2D eigenvalue weighted by atomic mass is 10.0. The molecule has 0 radical (unpaired) electrons. The van der Waals surface area contributed by atoms with E-state index in [0.717, 1.165) is 42.4 Å². The molecule has 1 aliphatic carbocycles. The van der Waals surface area contributed by atoms with Crippen LogP contribution in [0.2, 0.25) is 0 Å². The van der Waals surface area contributed by atoms with Gasteiger partial charge in [-0.3, -0.25) is 9.59 Å². The van der Waals surface area contributed by atoms with E-state index in [4.69, 9.17) is 0 Å². The summed E-state index contributed by atoms with van der Waals surface area (Å²) in [5.41, 5.74) is 2.67. The van der Waals surface area contributed by atoms with Gasteiger partial charge in [0.15, 0.2) is 0 Å². The number of nitrogens with one attached hydrogen (secondary N) is 1. The molecule has 1 atom stereocenters. The number of amides is 2. The monoisotopic (exact) mass is 458 g/mol. The third-order valence-corrected chi connectivity index (χ3v) is 6.44. The van der Waals surface area contributed by atoms with E-state index in [1.54, 1.807) is 17.0 Å². The Hall–Kier alpha value is -3.47. The standard InChI is InChI=1S/C29H31FN2O2/c30-25-17-15-24(16-18-25)21-32(28(33)20-23-11-5-2-6-12-23)27(19-22-9-3-1-4-10-22)29(34)31-26-13-7-8-14-26/h1-6,9-12,15-18,26-27H,7-8,13-14,19-21H2,(H,31,34)/t27-/m0/s1. The fraction of sp³-hybridized carbons (Fsp3) is 0.310. The maximum Gasteiger partial charge on any atom is 0.243 e. The average molecular weight is 459 g/mol. The van der Waals surface area contributed by atoms with E-state index >= 15 is 0 Å². The molecule has 176 valence electrons. The summed E-state index contributed by atoms with van der Waals surface area (Å²) < 4.78 is 13.5. The molecule has 0 unspecified atom stereocenters. The van der Waals surface area contributed by atoms with Gasteiger partial charge in [0.2, 0.25) is 11.8 Å². The van der Waals surface area contributed by atoms with E-state index < -0.39 is 6.04 Å². The van der Waals surface area contributed by atoms with E-state index in [0.29, 0.717) is 6.42 Å². The molecule has 2 amide bonds. The summed E-state index contributed by atoms with van der Waals surface area (Å²) in [5.74, 6) is -0.581. The second kappa shape index (κ2) is 11.6. The molecule has 1 N–H and O–H groups in total. The van der Waals surface area contributed by atoms with Crippen molar-refractivity contribution >= 4 is 11.8 Å². The zero-order valence-corrected chi connectivity index (χ0v) is 19.3. The van der Waals surface area contributed by atoms with Crippen molar-refractivity contribution in [3.8, 4) is 0 Å². The third kappa shape index (κ3) is 6.53. The predicted octanol–water partition coefficient (Wildman–Crippen LogP) is 5.07. The van der Waals surface area contributed by atoms with Crippen molar-refractivity contribution in [2.24, 2.45) is 0 Å². The quantitative estimate of drug-likeness (QED) is 0.487. The van der Waals surface area contributed by atoms with Crippen LogP contribution in [0, 0.1) is 5.82 Å². The highest BCUT2D eigenvalue weighted by molar-refractivity contribution is 5.89. The Balaban J connectivity index is 1.64. The largest absolute Gasteiger partial charge is 0.352 e. The predicted molar refractivity (Wildman–Crippen MR) is 131 cm³/mol. The number of rotatable bonds is 9. The summed E-state index contributed by atoms with van der Waals surface area (Å²) in [6.45, 7) is 0.238. The van der Waals surface area contributed by atoms with Crippen LogP contribution in [0.1, 0.15) is 42.4 Å². The van der Waals surface area contributed by atoms with Gasteiger partial charge in [0.1, 0.15) is 11.9 Å². The lowest BCUT2D eigenvalue weighted by molar-refractivity contribution is -0.141. The van der Waals surface area contributed by atoms with Crippen LogP contribution in [0.3, 0.4) is 0 Å². The number of benzene rings is 3. The molecular formula is C29H31FN2O2. The molecule has 0 saturated heterocycles. The maximum absolute atomic E-state index is 13.6. The van der Waals surface area contributed by atoms with Crippen LogP contribution in [-0.4, -0.2) is 28.8 Å². The first-order chi connectivity index (χ1) is 16.6. The van der Waals surface area contributed by atoms with Crippen LogP contribution in [-0.2, 0) is 29.0 Å².